The molecule has 0 radical (unpaired) electrons. The minimum Gasteiger partial charge on any atom is -0.336 e. The van der Waals surface area contributed by atoms with Crippen LogP contribution in [0.15, 0.2) is 48.5 Å². The van der Waals surface area contributed by atoms with E-state index < -0.39 is 23.8 Å². The van der Waals surface area contributed by atoms with Crippen molar-refractivity contribution in [3.63, 3.8) is 0 Å². The van der Waals surface area contributed by atoms with Crippen LogP contribution in [0.3, 0.4) is 0 Å². The van der Waals surface area contributed by atoms with Crippen LogP contribution < -0.4 is 15.5 Å². The smallest absolute Gasteiger partial charge is 0.328 e. The van der Waals surface area contributed by atoms with Crippen LogP contribution >= 0.6 is 11.6 Å². The van der Waals surface area contributed by atoms with Gasteiger partial charge >= 0.3 is 6.03 Å². The third-order valence-corrected chi connectivity index (χ3v) is 4.24. The second kappa shape index (κ2) is 6.94. The van der Waals surface area contributed by atoms with E-state index >= 15 is 0 Å². The van der Waals surface area contributed by atoms with Crippen LogP contribution in [0, 0.1) is 12.8 Å². The summed E-state index contributed by atoms with van der Waals surface area (Å²) < 4.78 is 0. The molecule has 0 saturated carbocycles. The Kier molecular flexibility index (Phi) is 4.72. The highest BCUT2D eigenvalue weighted by atomic mass is 35.5. The minimum absolute atomic E-state index is 0.0422. The van der Waals surface area contributed by atoms with Gasteiger partial charge in [0, 0.05) is 17.3 Å². The molecule has 1 saturated heterocycles. The molecule has 3 rings (SSSR count). The summed E-state index contributed by atoms with van der Waals surface area (Å²) in [5.41, 5.74) is 1.88. The zero-order valence-electron chi connectivity index (χ0n) is 13.5. The molecule has 1 fully saturated rings. The van der Waals surface area contributed by atoms with Gasteiger partial charge in [-0.15, -0.1) is 0 Å². The Bertz CT molecular complexity index is 836. The van der Waals surface area contributed by atoms with Crippen molar-refractivity contribution < 1.29 is 14.4 Å². The Morgan fingerprint density at radius 1 is 1.16 bits per heavy atom. The van der Waals surface area contributed by atoms with Crippen LogP contribution in [0.1, 0.15) is 5.56 Å². The maximum Gasteiger partial charge on any atom is 0.328 e. The number of nitrogens with one attached hydrogen (secondary N) is 2. The Balaban J connectivity index is 1.82. The molecule has 1 aliphatic rings. The van der Waals surface area contributed by atoms with Crippen molar-refractivity contribution in [2.45, 2.75) is 6.92 Å². The molecular weight excluding hydrogens is 342 g/mol. The first-order valence-corrected chi connectivity index (χ1v) is 8.09. The number of imide groups is 1. The number of halogens is 1. The van der Waals surface area contributed by atoms with Crippen LogP contribution in [0.5, 0.6) is 0 Å². The fourth-order valence-electron chi connectivity index (χ4n) is 2.58. The van der Waals surface area contributed by atoms with Gasteiger partial charge in [0.05, 0.1) is 5.69 Å². The zero-order chi connectivity index (χ0) is 18.0. The van der Waals surface area contributed by atoms with Crippen LogP contribution in [-0.2, 0) is 9.59 Å². The molecule has 1 heterocycles. The van der Waals surface area contributed by atoms with Crippen LogP contribution in [0.4, 0.5) is 16.2 Å². The molecule has 0 aromatic heterocycles. The van der Waals surface area contributed by atoms with Crippen molar-refractivity contribution in [3.8, 4) is 0 Å². The Morgan fingerprint density at radius 3 is 2.52 bits per heavy atom. The molecule has 0 bridgehead atoms. The van der Waals surface area contributed by atoms with Crippen molar-refractivity contribution in [1.29, 1.82) is 0 Å². The number of hydrogen-bond acceptors (Lipinski definition) is 3. The molecular formula is C18H16ClN3O3. The molecule has 1 aliphatic heterocycles. The highest BCUT2D eigenvalue weighted by molar-refractivity contribution is 6.30. The standard InChI is InChI=1S/C18H16ClN3O3/c1-11-4-2-3-5-15(11)21-16(23)14-10-20-18(25)22(17(14)24)13-8-6-12(19)7-9-13/h2-9,14H,10H2,1H3,(H,20,25)(H,21,23). The van der Waals surface area contributed by atoms with Gasteiger partial charge in [-0.25, -0.2) is 9.69 Å². The quantitative estimate of drug-likeness (QED) is 0.829. The van der Waals surface area contributed by atoms with Gasteiger partial charge in [-0.3, -0.25) is 9.59 Å². The average molecular weight is 358 g/mol. The summed E-state index contributed by atoms with van der Waals surface area (Å²) in [5, 5.41) is 5.82. The second-order valence-electron chi connectivity index (χ2n) is 5.69. The number of para-hydroxylation sites is 1. The maximum absolute atomic E-state index is 12.7. The number of amides is 4. The minimum atomic E-state index is -1.01. The third kappa shape index (κ3) is 3.49. The van der Waals surface area contributed by atoms with Gasteiger partial charge in [0.25, 0.3) is 0 Å². The Labute approximate surface area is 149 Å². The van der Waals surface area contributed by atoms with E-state index in [0.717, 1.165) is 10.5 Å². The first-order chi connectivity index (χ1) is 12.0. The van der Waals surface area contributed by atoms with E-state index in [2.05, 4.69) is 10.6 Å². The zero-order valence-corrected chi connectivity index (χ0v) is 14.2. The fraction of sp³-hybridized carbons (Fsp3) is 0.167. The van der Waals surface area contributed by atoms with Crippen LogP contribution in [-0.4, -0.2) is 24.4 Å². The lowest BCUT2D eigenvalue weighted by molar-refractivity contribution is -0.130. The topological polar surface area (TPSA) is 78.5 Å². The van der Waals surface area contributed by atoms with Gasteiger partial charge in [0.2, 0.25) is 11.8 Å². The van der Waals surface area contributed by atoms with E-state index in [1.807, 2.05) is 19.1 Å². The lowest BCUT2D eigenvalue weighted by Gasteiger charge is -2.30. The van der Waals surface area contributed by atoms with E-state index in [-0.39, 0.29) is 6.54 Å². The number of aryl methyl sites for hydroxylation is 1. The molecule has 2 aromatic carbocycles. The van der Waals surface area contributed by atoms with Crippen LogP contribution in [0.25, 0.3) is 0 Å². The summed E-state index contributed by atoms with van der Waals surface area (Å²) in [7, 11) is 0. The number of urea groups is 1. The summed E-state index contributed by atoms with van der Waals surface area (Å²) in [6.07, 6.45) is 0. The van der Waals surface area contributed by atoms with Gasteiger partial charge < -0.3 is 10.6 Å². The summed E-state index contributed by atoms with van der Waals surface area (Å²) in [6, 6.07) is 13.0. The van der Waals surface area contributed by atoms with Gasteiger partial charge in [0.1, 0.15) is 5.92 Å². The number of nitrogens with zero attached hydrogens (tertiary/aromatic N) is 1. The lowest BCUT2D eigenvalue weighted by Crippen LogP contribution is -2.58. The largest absolute Gasteiger partial charge is 0.336 e. The fourth-order valence-corrected chi connectivity index (χ4v) is 2.71. The molecule has 2 aromatic rings. The van der Waals surface area contributed by atoms with Crippen molar-refractivity contribution in [3.05, 3.63) is 59.1 Å². The number of anilines is 2. The summed E-state index contributed by atoms with van der Waals surface area (Å²) in [6.45, 7) is 1.82. The molecule has 4 amide bonds. The van der Waals surface area contributed by atoms with E-state index in [1.54, 1.807) is 36.4 Å². The normalized spacial score (nSPS) is 17.2. The number of carbonyl (C=O) groups excluding carboxylic acids is 3. The molecule has 1 atom stereocenters. The molecule has 128 valence electrons. The number of benzene rings is 2. The molecule has 0 spiro atoms. The monoisotopic (exact) mass is 357 g/mol. The van der Waals surface area contributed by atoms with Gasteiger partial charge in [-0.2, -0.15) is 0 Å². The third-order valence-electron chi connectivity index (χ3n) is 3.98. The molecule has 1 unspecified atom stereocenters. The van der Waals surface area contributed by atoms with Gasteiger partial charge in [0.15, 0.2) is 0 Å². The molecule has 7 heteroatoms. The van der Waals surface area contributed by atoms with Crippen molar-refractivity contribution >= 4 is 40.8 Å². The van der Waals surface area contributed by atoms with E-state index in [9.17, 15) is 14.4 Å². The highest BCUT2D eigenvalue weighted by Crippen LogP contribution is 2.23. The first-order valence-electron chi connectivity index (χ1n) is 7.71. The van der Waals surface area contributed by atoms with E-state index in [1.165, 1.54) is 0 Å². The number of carbonyl (C=O) groups is 3. The molecule has 25 heavy (non-hydrogen) atoms. The van der Waals surface area contributed by atoms with Gasteiger partial charge in [-0.05, 0) is 42.8 Å². The Hall–Kier alpha value is -2.86. The maximum atomic E-state index is 12.7. The summed E-state index contributed by atoms with van der Waals surface area (Å²) >= 11 is 5.84. The predicted octanol–water partition coefficient (Wildman–Crippen LogP) is 2.96. The number of rotatable bonds is 3. The predicted molar refractivity (Wildman–Crippen MR) is 95.6 cm³/mol. The molecule has 2 N–H and O–H groups in total. The average Bonchev–Trinajstić information content (AvgIpc) is 2.58. The van der Waals surface area contributed by atoms with Crippen LogP contribution in [0.2, 0.25) is 5.02 Å². The van der Waals surface area contributed by atoms with E-state index in [0.29, 0.717) is 16.4 Å². The second-order valence-corrected chi connectivity index (χ2v) is 6.13. The van der Waals surface area contributed by atoms with Crippen molar-refractivity contribution in [2.24, 2.45) is 5.92 Å². The molecule has 6 nitrogen and oxygen atoms in total. The van der Waals surface area contributed by atoms with Crippen molar-refractivity contribution in [2.75, 3.05) is 16.8 Å². The van der Waals surface area contributed by atoms with Gasteiger partial charge in [-0.1, -0.05) is 29.8 Å². The number of hydrogen-bond donors (Lipinski definition) is 2. The Morgan fingerprint density at radius 2 is 1.84 bits per heavy atom. The SMILES string of the molecule is Cc1ccccc1NC(=O)C1CNC(=O)N(c2ccc(Cl)cc2)C1=O. The van der Waals surface area contributed by atoms with Crippen molar-refractivity contribution in [1.82, 2.24) is 5.32 Å². The summed E-state index contributed by atoms with van der Waals surface area (Å²) in [5.74, 6) is -2.04. The van der Waals surface area contributed by atoms with E-state index in [4.69, 9.17) is 11.6 Å². The highest BCUT2D eigenvalue weighted by Gasteiger charge is 2.39. The summed E-state index contributed by atoms with van der Waals surface area (Å²) in [4.78, 5) is 38.3. The molecule has 0 aliphatic carbocycles. The first kappa shape index (κ1) is 17.0. The lowest BCUT2D eigenvalue weighted by atomic mass is 10.0.